The third-order valence-electron chi connectivity index (χ3n) is 5.87. The molecule has 3 atom stereocenters. The average Bonchev–Trinajstić information content (AvgIpc) is 2.77. The highest BCUT2D eigenvalue weighted by molar-refractivity contribution is 5.72. The van der Waals surface area contributed by atoms with Crippen LogP contribution in [0.2, 0.25) is 0 Å². The van der Waals surface area contributed by atoms with E-state index in [1.165, 1.54) is 12.8 Å². The van der Waals surface area contributed by atoms with Crippen molar-refractivity contribution in [2.45, 2.75) is 82.2 Å². The summed E-state index contributed by atoms with van der Waals surface area (Å²) >= 11 is 0. The Morgan fingerprint density at radius 3 is 2.44 bits per heavy atom. The van der Waals surface area contributed by atoms with E-state index in [4.69, 9.17) is 9.47 Å². The number of hydrogen-bond acceptors (Lipinski definition) is 5. The Morgan fingerprint density at radius 1 is 1.24 bits per heavy atom. The van der Waals surface area contributed by atoms with Crippen molar-refractivity contribution in [3.8, 4) is 0 Å². The van der Waals surface area contributed by atoms with E-state index in [2.05, 4.69) is 5.32 Å². The minimum atomic E-state index is -0.493. The summed E-state index contributed by atoms with van der Waals surface area (Å²) in [6.07, 6.45) is 4.66. The fourth-order valence-corrected chi connectivity index (χ4v) is 4.66. The number of nitrogens with one attached hydrogen (secondary N) is 1. The quantitative estimate of drug-likeness (QED) is 0.783. The van der Waals surface area contributed by atoms with E-state index in [0.717, 1.165) is 25.8 Å². The second-order valence-corrected chi connectivity index (χ2v) is 9.08. The Hall–Kier alpha value is -1.50. The molecule has 4 rings (SSSR count). The van der Waals surface area contributed by atoms with E-state index in [0.29, 0.717) is 25.2 Å². The maximum absolute atomic E-state index is 12.6. The number of carbonyl (C=O) groups is 2. The first-order valence-electron chi connectivity index (χ1n) is 9.47. The lowest BCUT2D eigenvalue weighted by Crippen LogP contribution is -2.66. The van der Waals surface area contributed by atoms with Crippen LogP contribution in [0.5, 0.6) is 0 Å². The first kappa shape index (κ1) is 16.9. The van der Waals surface area contributed by atoms with Gasteiger partial charge in [0.1, 0.15) is 11.2 Å². The van der Waals surface area contributed by atoms with E-state index >= 15 is 0 Å². The lowest BCUT2D eigenvalue weighted by molar-refractivity contribution is -0.0946. The molecular weight excluding hydrogens is 322 g/mol. The molecular formula is C18H29N3O4. The Labute approximate surface area is 149 Å². The molecule has 1 unspecified atom stereocenters. The number of hydrogen-bond donors (Lipinski definition) is 1. The van der Waals surface area contributed by atoms with Gasteiger partial charge in [-0.3, -0.25) is 0 Å². The highest BCUT2D eigenvalue weighted by Gasteiger charge is 2.51. The number of piperidine rings is 1. The molecule has 7 nitrogen and oxygen atoms in total. The fraction of sp³-hybridized carbons (Fsp3) is 0.889. The molecule has 2 amide bonds. The minimum absolute atomic E-state index is 0.0517. The molecule has 0 saturated carbocycles. The molecule has 4 heterocycles. The van der Waals surface area contributed by atoms with Crippen LogP contribution in [0.4, 0.5) is 9.59 Å². The number of nitrogens with zero attached hydrogens (tertiary/aromatic N) is 2. The van der Waals surface area contributed by atoms with Crippen LogP contribution in [0.25, 0.3) is 0 Å². The average molecular weight is 351 g/mol. The normalized spacial score (nSPS) is 35.6. The van der Waals surface area contributed by atoms with Crippen LogP contribution in [-0.2, 0) is 9.47 Å². The van der Waals surface area contributed by atoms with Crippen molar-refractivity contribution in [3.05, 3.63) is 0 Å². The maximum Gasteiger partial charge on any atom is 0.410 e. The number of amides is 2. The highest BCUT2D eigenvalue weighted by Crippen LogP contribution is 2.41. The van der Waals surface area contributed by atoms with E-state index in [1.807, 2.05) is 20.8 Å². The third kappa shape index (κ3) is 3.30. The van der Waals surface area contributed by atoms with Gasteiger partial charge in [-0.05, 0) is 33.6 Å². The van der Waals surface area contributed by atoms with Crippen molar-refractivity contribution in [2.24, 2.45) is 0 Å². The molecule has 4 saturated heterocycles. The zero-order chi connectivity index (χ0) is 17.8. The SMILES string of the molecule is CC(C)(C)OC(=O)N1CC(N2CCC3(C[C@H]4CC[C@@H](C3)N4)OC2=O)C1. The van der Waals surface area contributed by atoms with Crippen molar-refractivity contribution in [1.29, 1.82) is 0 Å². The molecule has 140 valence electrons. The van der Waals surface area contributed by atoms with Gasteiger partial charge in [0.25, 0.3) is 0 Å². The molecule has 0 aromatic heterocycles. The summed E-state index contributed by atoms with van der Waals surface area (Å²) in [5.41, 5.74) is -0.758. The van der Waals surface area contributed by atoms with Crippen molar-refractivity contribution >= 4 is 12.2 Å². The van der Waals surface area contributed by atoms with Crippen LogP contribution in [0.15, 0.2) is 0 Å². The van der Waals surface area contributed by atoms with E-state index in [1.54, 1.807) is 9.80 Å². The lowest BCUT2D eigenvalue weighted by Gasteiger charge is -2.51. The van der Waals surface area contributed by atoms with Crippen LogP contribution < -0.4 is 5.32 Å². The first-order chi connectivity index (χ1) is 11.7. The number of carbonyl (C=O) groups excluding carboxylic acids is 2. The molecule has 1 spiro atoms. The van der Waals surface area contributed by atoms with E-state index < -0.39 is 5.60 Å². The zero-order valence-corrected chi connectivity index (χ0v) is 15.4. The molecule has 7 heteroatoms. The predicted octanol–water partition coefficient (Wildman–Crippen LogP) is 2.10. The predicted molar refractivity (Wildman–Crippen MR) is 91.3 cm³/mol. The second-order valence-electron chi connectivity index (χ2n) is 9.08. The Bertz CT molecular complexity index is 555. The van der Waals surface area contributed by atoms with Gasteiger partial charge in [0.05, 0.1) is 6.04 Å². The van der Waals surface area contributed by atoms with Gasteiger partial charge in [0, 0.05) is 51.0 Å². The van der Waals surface area contributed by atoms with Gasteiger partial charge in [0.2, 0.25) is 0 Å². The van der Waals surface area contributed by atoms with Gasteiger partial charge in [-0.15, -0.1) is 0 Å². The maximum atomic E-state index is 12.6. The zero-order valence-electron chi connectivity index (χ0n) is 15.4. The molecule has 0 aliphatic carbocycles. The molecule has 0 aromatic rings. The third-order valence-corrected chi connectivity index (χ3v) is 5.87. The van der Waals surface area contributed by atoms with Gasteiger partial charge >= 0.3 is 12.2 Å². The van der Waals surface area contributed by atoms with Gasteiger partial charge in [-0.2, -0.15) is 0 Å². The Kier molecular flexibility index (Phi) is 3.90. The lowest BCUT2D eigenvalue weighted by atomic mass is 9.83. The summed E-state index contributed by atoms with van der Waals surface area (Å²) in [6, 6.07) is 1.06. The van der Waals surface area contributed by atoms with Crippen LogP contribution in [0.3, 0.4) is 0 Å². The van der Waals surface area contributed by atoms with Crippen LogP contribution >= 0.6 is 0 Å². The molecule has 4 fully saturated rings. The smallest absolute Gasteiger partial charge is 0.410 e. The standard InChI is InChI=1S/C18H29N3O4/c1-17(2,3)24-15(22)20-10-14(11-20)21-7-6-18(25-16(21)23)8-12-4-5-13(9-18)19-12/h12-14,19H,4-11H2,1-3H3/t12-,13+,18?. The molecule has 4 aliphatic heterocycles. The molecule has 0 radical (unpaired) electrons. The van der Waals surface area contributed by atoms with E-state index in [9.17, 15) is 9.59 Å². The second kappa shape index (κ2) is 5.76. The number of rotatable bonds is 1. The topological polar surface area (TPSA) is 71.1 Å². The summed E-state index contributed by atoms with van der Waals surface area (Å²) in [5, 5.41) is 3.61. The summed E-state index contributed by atoms with van der Waals surface area (Å²) in [4.78, 5) is 28.1. The van der Waals surface area contributed by atoms with Crippen molar-refractivity contribution in [3.63, 3.8) is 0 Å². The van der Waals surface area contributed by atoms with E-state index in [-0.39, 0.29) is 23.8 Å². The van der Waals surface area contributed by atoms with Gasteiger partial charge < -0.3 is 24.6 Å². The van der Waals surface area contributed by atoms with Crippen LogP contribution in [0, 0.1) is 0 Å². The minimum Gasteiger partial charge on any atom is -0.444 e. The number of fused-ring (bicyclic) bond motifs is 2. The van der Waals surface area contributed by atoms with Gasteiger partial charge in [0.15, 0.2) is 0 Å². The Morgan fingerprint density at radius 2 is 1.88 bits per heavy atom. The fourth-order valence-electron chi connectivity index (χ4n) is 4.66. The van der Waals surface area contributed by atoms with Gasteiger partial charge in [-0.25, -0.2) is 9.59 Å². The summed E-state index contributed by atoms with van der Waals surface area (Å²) in [5.74, 6) is 0. The number of likely N-dealkylation sites (tertiary alicyclic amines) is 1. The Balaban J connectivity index is 1.30. The monoisotopic (exact) mass is 351 g/mol. The summed E-state index contributed by atoms with van der Waals surface area (Å²) in [7, 11) is 0. The number of ether oxygens (including phenoxy) is 2. The van der Waals surface area contributed by atoms with Crippen molar-refractivity contribution in [2.75, 3.05) is 19.6 Å². The summed E-state index contributed by atoms with van der Waals surface area (Å²) < 4.78 is 11.3. The van der Waals surface area contributed by atoms with Gasteiger partial charge in [-0.1, -0.05) is 0 Å². The molecule has 4 aliphatic rings. The van der Waals surface area contributed by atoms with Crippen molar-refractivity contribution < 1.29 is 19.1 Å². The largest absolute Gasteiger partial charge is 0.444 e. The molecule has 0 aromatic carbocycles. The van der Waals surface area contributed by atoms with Crippen LogP contribution in [0.1, 0.15) is 52.9 Å². The first-order valence-corrected chi connectivity index (χ1v) is 9.47. The highest BCUT2D eigenvalue weighted by atomic mass is 16.6. The molecule has 2 bridgehead atoms. The van der Waals surface area contributed by atoms with Crippen LogP contribution in [-0.4, -0.2) is 70.9 Å². The summed E-state index contributed by atoms with van der Waals surface area (Å²) in [6.45, 7) is 7.36. The molecule has 1 N–H and O–H groups in total. The molecule has 25 heavy (non-hydrogen) atoms. The van der Waals surface area contributed by atoms with Crippen molar-refractivity contribution in [1.82, 2.24) is 15.1 Å².